The van der Waals surface area contributed by atoms with Crippen LogP contribution in [-0.2, 0) is 6.54 Å². The Morgan fingerprint density at radius 1 is 1.26 bits per heavy atom. The van der Waals surface area contributed by atoms with E-state index < -0.39 is 0 Å². The summed E-state index contributed by atoms with van der Waals surface area (Å²) in [6, 6.07) is 9.09. The molecule has 0 unspecified atom stereocenters. The van der Waals surface area contributed by atoms with Crippen LogP contribution >= 0.6 is 0 Å². The summed E-state index contributed by atoms with van der Waals surface area (Å²) < 4.78 is 0. The first-order chi connectivity index (χ1) is 11.3. The third-order valence-electron chi connectivity index (χ3n) is 4.59. The number of benzene rings is 1. The Balaban J connectivity index is 1.30. The molecule has 0 amide bonds. The number of H-pyrrole nitrogens is 2. The maximum atomic E-state index is 4.35. The smallest absolute Gasteiger partial charge is 0.150 e. The van der Waals surface area contributed by atoms with E-state index in [1.807, 2.05) is 6.92 Å². The Morgan fingerprint density at radius 3 is 2.91 bits per heavy atom. The predicted molar refractivity (Wildman–Crippen MR) is 91.5 cm³/mol. The first-order valence-corrected chi connectivity index (χ1v) is 8.20. The number of anilines is 1. The van der Waals surface area contributed by atoms with Crippen LogP contribution in [0.4, 0.5) is 5.82 Å². The van der Waals surface area contributed by atoms with Crippen LogP contribution < -0.4 is 10.2 Å². The lowest BCUT2D eigenvalue weighted by Gasteiger charge is -2.32. The zero-order valence-corrected chi connectivity index (χ0v) is 13.3. The lowest BCUT2D eigenvalue weighted by atomic mass is 10.0. The number of imidazole rings is 1. The number of aryl methyl sites for hydroxylation is 1. The predicted octanol–water partition coefficient (Wildman–Crippen LogP) is 2.35. The van der Waals surface area contributed by atoms with Crippen LogP contribution in [0.15, 0.2) is 30.6 Å². The van der Waals surface area contributed by atoms with Gasteiger partial charge in [-0.05, 0) is 37.5 Å². The summed E-state index contributed by atoms with van der Waals surface area (Å²) in [5, 5.41) is 11.1. The van der Waals surface area contributed by atoms with Crippen LogP contribution in [0.1, 0.15) is 24.1 Å². The fraction of sp³-hybridized carbons (Fsp3) is 0.412. The van der Waals surface area contributed by atoms with Crippen LogP contribution in [0.3, 0.4) is 0 Å². The Kier molecular flexibility index (Phi) is 3.75. The maximum absolute atomic E-state index is 4.35. The van der Waals surface area contributed by atoms with Gasteiger partial charge >= 0.3 is 0 Å². The average Bonchev–Trinajstić information content (AvgIpc) is 3.21. The molecule has 1 fully saturated rings. The number of hydrogen-bond donors (Lipinski definition) is 3. The van der Waals surface area contributed by atoms with Crippen molar-refractivity contribution in [3.05, 3.63) is 41.9 Å². The quantitative estimate of drug-likeness (QED) is 0.692. The van der Waals surface area contributed by atoms with E-state index in [1.165, 1.54) is 5.56 Å². The third-order valence-corrected chi connectivity index (χ3v) is 4.59. The van der Waals surface area contributed by atoms with Crippen molar-refractivity contribution >= 4 is 16.9 Å². The van der Waals surface area contributed by atoms with Gasteiger partial charge in [-0.15, -0.1) is 0 Å². The van der Waals surface area contributed by atoms with Gasteiger partial charge in [0.2, 0.25) is 0 Å². The van der Waals surface area contributed by atoms with Gasteiger partial charge in [-0.2, -0.15) is 5.10 Å². The van der Waals surface area contributed by atoms with Crippen molar-refractivity contribution in [1.29, 1.82) is 0 Å². The number of nitrogens with zero attached hydrogens (tertiary/aromatic N) is 3. The number of fused-ring (bicyclic) bond motifs is 1. The second kappa shape index (κ2) is 6.04. The van der Waals surface area contributed by atoms with Crippen molar-refractivity contribution in [2.24, 2.45) is 0 Å². The molecule has 23 heavy (non-hydrogen) atoms. The standard InChI is InChI=1S/C17H22N6/c1-12-8-17(22-21-12)23-6-4-14(5-7-23)18-10-13-2-3-15-16(9-13)20-11-19-15/h2-3,8-9,11,14,18H,4-7,10H2,1H3,(H,19,20)(H,21,22). The van der Waals surface area contributed by atoms with E-state index in [0.717, 1.165) is 55.0 Å². The third kappa shape index (κ3) is 3.07. The zero-order valence-electron chi connectivity index (χ0n) is 13.3. The molecule has 1 saturated heterocycles. The van der Waals surface area contributed by atoms with E-state index in [0.29, 0.717) is 6.04 Å². The highest BCUT2D eigenvalue weighted by Crippen LogP contribution is 2.19. The van der Waals surface area contributed by atoms with E-state index in [4.69, 9.17) is 0 Å². The molecule has 0 atom stereocenters. The number of nitrogens with one attached hydrogen (secondary N) is 3. The molecule has 4 rings (SSSR count). The largest absolute Gasteiger partial charge is 0.355 e. The zero-order chi connectivity index (χ0) is 15.6. The Hall–Kier alpha value is -2.34. The monoisotopic (exact) mass is 310 g/mol. The summed E-state index contributed by atoms with van der Waals surface area (Å²) in [7, 11) is 0. The average molecular weight is 310 g/mol. The van der Waals surface area contributed by atoms with E-state index in [-0.39, 0.29) is 0 Å². The Bertz CT molecular complexity index is 781. The van der Waals surface area contributed by atoms with Gasteiger partial charge in [0, 0.05) is 37.4 Å². The molecule has 2 aromatic heterocycles. The molecule has 0 radical (unpaired) electrons. The van der Waals surface area contributed by atoms with Gasteiger partial charge in [0.15, 0.2) is 5.82 Å². The molecular weight excluding hydrogens is 288 g/mol. The van der Waals surface area contributed by atoms with Gasteiger partial charge in [0.05, 0.1) is 17.4 Å². The second-order valence-electron chi connectivity index (χ2n) is 6.31. The SMILES string of the molecule is Cc1cc(N2CCC(NCc3ccc4nc[nH]c4c3)CC2)n[nH]1. The van der Waals surface area contributed by atoms with Crippen molar-refractivity contribution in [3.8, 4) is 0 Å². The van der Waals surface area contributed by atoms with Crippen LogP contribution in [0.25, 0.3) is 11.0 Å². The molecule has 3 heterocycles. The Morgan fingerprint density at radius 2 is 2.13 bits per heavy atom. The number of rotatable bonds is 4. The van der Waals surface area contributed by atoms with Gasteiger partial charge in [0.25, 0.3) is 0 Å². The van der Waals surface area contributed by atoms with Crippen LogP contribution in [0, 0.1) is 6.92 Å². The molecular formula is C17H22N6. The van der Waals surface area contributed by atoms with E-state index in [9.17, 15) is 0 Å². The van der Waals surface area contributed by atoms with Crippen molar-refractivity contribution in [3.63, 3.8) is 0 Å². The van der Waals surface area contributed by atoms with Gasteiger partial charge in [-0.1, -0.05) is 6.07 Å². The Labute approximate surface area is 135 Å². The van der Waals surface area contributed by atoms with Crippen LogP contribution in [0.2, 0.25) is 0 Å². The minimum atomic E-state index is 0.573. The van der Waals surface area contributed by atoms with Gasteiger partial charge in [0.1, 0.15) is 0 Å². The molecule has 6 nitrogen and oxygen atoms in total. The number of hydrogen-bond acceptors (Lipinski definition) is 4. The van der Waals surface area contributed by atoms with E-state index in [2.05, 4.69) is 54.6 Å². The molecule has 1 aliphatic heterocycles. The molecule has 0 bridgehead atoms. The highest BCUT2D eigenvalue weighted by Gasteiger charge is 2.20. The maximum Gasteiger partial charge on any atom is 0.150 e. The minimum Gasteiger partial charge on any atom is -0.355 e. The molecule has 1 aliphatic rings. The van der Waals surface area contributed by atoms with E-state index in [1.54, 1.807) is 6.33 Å². The van der Waals surface area contributed by atoms with E-state index >= 15 is 0 Å². The van der Waals surface area contributed by atoms with Gasteiger partial charge in [-0.25, -0.2) is 4.98 Å². The number of piperidine rings is 1. The summed E-state index contributed by atoms with van der Waals surface area (Å²) >= 11 is 0. The number of aromatic amines is 2. The topological polar surface area (TPSA) is 72.6 Å². The minimum absolute atomic E-state index is 0.573. The summed E-state index contributed by atoms with van der Waals surface area (Å²) in [6.07, 6.45) is 4.05. The summed E-state index contributed by atoms with van der Waals surface area (Å²) in [5.74, 6) is 1.07. The molecule has 0 spiro atoms. The fourth-order valence-electron chi connectivity index (χ4n) is 3.23. The van der Waals surface area contributed by atoms with Crippen LogP contribution in [-0.4, -0.2) is 39.3 Å². The molecule has 0 saturated carbocycles. The normalized spacial score (nSPS) is 16.3. The summed E-state index contributed by atoms with van der Waals surface area (Å²) in [6.45, 7) is 5.06. The summed E-state index contributed by atoms with van der Waals surface area (Å²) in [4.78, 5) is 9.79. The fourth-order valence-corrected chi connectivity index (χ4v) is 3.23. The second-order valence-corrected chi connectivity index (χ2v) is 6.31. The highest BCUT2D eigenvalue weighted by atomic mass is 15.3. The first kappa shape index (κ1) is 14.3. The highest BCUT2D eigenvalue weighted by molar-refractivity contribution is 5.74. The van der Waals surface area contributed by atoms with Crippen LogP contribution in [0.5, 0.6) is 0 Å². The first-order valence-electron chi connectivity index (χ1n) is 8.20. The molecule has 3 aromatic rings. The van der Waals surface area contributed by atoms with Crippen molar-refractivity contribution in [2.45, 2.75) is 32.4 Å². The van der Waals surface area contributed by atoms with Crippen molar-refractivity contribution in [1.82, 2.24) is 25.5 Å². The van der Waals surface area contributed by atoms with Crippen molar-refractivity contribution < 1.29 is 0 Å². The summed E-state index contributed by atoms with van der Waals surface area (Å²) in [5.41, 5.74) is 4.55. The molecule has 6 heteroatoms. The van der Waals surface area contributed by atoms with Gasteiger partial charge < -0.3 is 15.2 Å². The van der Waals surface area contributed by atoms with Gasteiger partial charge in [-0.3, -0.25) is 5.10 Å². The van der Waals surface area contributed by atoms with Crippen molar-refractivity contribution in [2.75, 3.05) is 18.0 Å². The lowest BCUT2D eigenvalue weighted by Crippen LogP contribution is -2.42. The molecule has 3 N–H and O–H groups in total. The molecule has 120 valence electrons. The lowest BCUT2D eigenvalue weighted by molar-refractivity contribution is 0.413. The molecule has 1 aromatic carbocycles. The molecule has 0 aliphatic carbocycles. The number of aromatic nitrogens is 4.